The third-order valence-electron chi connectivity index (χ3n) is 4.15. The number of aliphatic hydroxyl groups excluding tert-OH is 1. The van der Waals surface area contributed by atoms with E-state index in [-0.39, 0.29) is 23.3 Å². The number of hydrogen-bond acceptors (Lipinski definition) is 2. The predicted octanol–water partition coefficient (Wildman–Crippen LogP) is 5.74. The number of aliphatic carboxylic acids is 1. The molecule has 0 saturated heterocycles. The van der Waals surface area contributed by atoms with Crippen molar-refractivity contribution < 1.29 is 15.0 Å². The van der Waals surface area contributed by atoms with Gasteiger partial charge in [0.25, 0.3) is 0 Å². The molecule has 0 aliphatic rings. The highest BCUT2D eigenvalue weighted by Gasteiger charge is 2.19. The van der Waals surface area contributed by atoms with Crippen molar-refractivity contribution in [3.63, 3.8) is 0 Å². The molecule has 2 N–H and O–H groups in total. The van der Waals surface area contributed by atoms with Crippen molar-refractivity contribution >= 4 is 29.2 Å². The highest BCUT2D eigenvalue weighted by Crippen LogP contribution is 2.23. The molecular weight excluding hydrogens is 335 g/mol. The first kappa shape index (κ1) is 23.0. The second-order valence-electron chi connectivity index (χ2n) is 6.47. The fourth-order valence-electron chi connectivity index (χ4n) is 2.66. The number of hydrogen-bond donors (Lipinski definition) is 2. The molecule has 3 nitrogen and oxygen atoms in total. The van der Waals surface area contributed by atoms with Crippen LogP contribution in [0.5, 0.6) is 0 Å². The molecule has 0 fully saturated rings. The number of rotatable bonds is 16. The number of aliphatic hydroxyl groups is 1. The Morgan fingerprint density at radius 2 is 1.43 bits per heavy atom. The number of unbranched alkanes of at least 4 members (excludes halogenated alkanes) is 7. The van der Waals surface area contributed by atoms with E-state index in [1.54, 1.807) is 0 Å². The van der Waals surface area contributed by atoms with Crippen molar-refractivity contribution in [2.24, 2.45) is 0 Å². The summed E-state index contributed by atoms with van der Waals surface area (Å²) < 4.78 is 0. The summed E-state index contributed by atoms with van der Waals surface area (Å²) in [5, 5.41) is 18.3. The predicted molar refractivity (Wildman–Crippen MR) is 98.6 cm³/mol. The summed E-state index contributed by atoms with van der Waals surface area (Å²) in [4.78, 5) is 10.4. The number of carboxylic acid groups (broad SMARTS) is 1. The molecule has 23 heavy (non-hydrogen) atoms. The highest BCUT2D eigenvalue weighted by molar-refractivity contribution is 6.30. The molecule has 0 aliphatic carbocycles. The summed E-state index contributed by atoms with van der Waals surface area (Å²) in [6.07, 6.45) is 11.7. The van der Waals surface area contributed by atoms with Gasteiger partial charge in [-0.25, -0.2) is 0 Å². The van der Waals surface area contributed by atoms with Crippen molar-refractivity contribution in [1.82, 2.24) is 0 Å². The minimum atomic E-state index is -0.718. The SMILES string of the molecule is CCCCCC[C@H](O)C[C@H](Cl)[C@H](Cl)CCCCCCCC(=O)O. The average Bonchev–Trinajstić information content (AvgIpc) is 2.50. The molecule has 0 heterocycles. The first-order valence-corrected chi connectivity index (χ1v) is 10.0. The molecule has 0 amide bonds. The van der Waals surface area contributed by atoms with Crippen LogP contribution in [-0.2, 0) is 4.79 Å². The van der Waals surface area contributed by atoms with E-state index in [1.165, 1.54) is 19.3 Å². The Labute approximate surface area is 151 Å². The van der Waals surface area contributed by atoms with Gasteiger partial charge >= 0.3 is 5.97 Å². The van der Waals surface area contributed by atoms with Crippen molar-refractivity contribution in [3.05, 3.63) is 0 Å². The minimum Gasteiger partial charge on any atom is -0.481 e. The van der Waals surface area contributed by atoms with Crippen LogP contribution in [0.2, 0.25) is 0 Å². The van der Waals surface area contributed by atoms with Gasteiger partial charge in [-0.2, -0.15) is 0 Å². The van der Waals surface area contributed by atoms with E-state index in [1.807, 2.05) is 0 Å². The van der Waals surface area contributed by atoms with E-state index in [0.29, 0.717) is 6.42 Å². The van der Waals surface area contributed by atoms with E-state index >= 15 is 0 Å². The number of carbonyl (C=O) groups is 1. The fraction of sp³-hybridized carbons (Fsp3) is 0.944. The second kappa shape index (κ2) is 15.5. The van der Waals surface area contributed by atoms with Crippen molar-refractivity contribution in [2.45, 2.75) is 107 Å². The Bertz CT molecular complexity index is 287. The monoisotopic (exact) mass is 368 g/mol. The lowest BCUT2D eigenvalue weighted by Crippen LogP contribution is -2.22. The number of carboxylic acids is 1. The zero-order valence-corrected chi connectivity index (χ0v) is 16.0. The first-order chi connectivity index (χ1) is 11.0. The molecule has 0 rings (SSSR count). The molecule has 0 bridgehead atoms. The third-order valence-corrected chi connectivity index (χ3v) is 5.28. The topological polar surface area (TPSA) is 57.5 Å². The Hall–Kier alpha value is 0.01000. The van der Waals surface area contributed by atoms with Gasteiger partial charge in [0.2, 0.25) is 0 Å². The van der Waals surface area contributed by atoms with Gasteiger partial charge in [-0.15, -0.1) is 23.2 Å². The van der Waals surface area contributed by atoms with Gasteiger partial charge in [0.1, 0.15) is 0 Å². The van der Waals surface area contributed by atoms with E-state index in [4.69, 9.17) is 28.3 Å². The minimum absolute atomic E-state index is 0.0963. The molecule has 3 atom stereocenters. The maximum absolute atomic E-state index is 10.4. The molecule has 0 radical (unpaired) electrons. The van der Waals surface area contributed by atoms with Crippen LogP contribution in [0.15, 0.2) is 0 Å². The van der Waals surface area contributed by atoms with Crippen LogP contribution in [0.25, 0.3) is 0 Å². The summed E-state index contributed by atoms with van der Waals surface area (Å²) >= 11 is 12.6. The smallest absolute Gasteiger partial charge is 0.303 e. The van der Waals surface area contributed by atoms with E-state index in [2.05, 4.69) is 6.92 Å². The molecule has 5 heteroatoms. The van der Waals surface area contributed by atoms with Crippen LogP contribution in [-0.4, -0.2) is 33.0 Å². The summed E-state index contributed by atoms with van der Waals surface area (Å²) in [5.41, 5.74) is 0. The van der Waals surface area contributed by atoms with Crippen molar-refractivity contribution in [1.29, 1.82) is 0 Å². The summed E-state index contributed by atoms with van der Waals surface area (Å²) in [5.74, 6) is -0.718. The highest BCUT2D eigenvalue weighted by atomic mass is 35.5. The molecule has 0 spiro atoms. The van der Waals surface area contributed by atoms with Crippen LogP contribution >= 0.6 is 23.2 Å². The zero-order chi connectivity index (χ0) is 17.5. The number of halogens is 2. The molecule has 0 unspecified atom stereocenters. The van der Waals surface area contributed by atoms with Crippen LogP contribution < -0.4 is 0 Å². The molecule has 0 aromatic carbocycles. The Kier molecular flexibility index (Phi) is 15.5. The quantitative estimate of drug-likeness (QED) is 0.269. The fourth-order valence-corrected chi connectivity index (χ4v) is 3.25. The van der Waals surface area contributed by atoms with Crippen molar-refractivity contribution in [2.75, 3.05) is 0 Å². The van der Waals surface area contributed by atoms with Crippen molar-refractivity contribution in [3.8, 4) is 0 Å². The summed E-state index contributed by atoms with van der Waals surface area (Å²) in [6, 6.07) is 0. The number of alkyl halides is 2. The van der Waals surface area contributed by atoms with Crippen LogP contribution in [0, 0.1) is 0 Å². The summed E-state index contributed by atoms with van der Waals surface area (Å²) in [6.45, 7) is 2.18. The van der Waals surface area contributed by atoms with Gasteiger partial charge in [-0.05, 0) is 25.7 Å². The third kappa shape index (κ3) is 15.3. The van der Waals surface area contributed by atoms with Gasteiger partial charge in [0.05, 0.1) is 16.9 Å². The maximum Gasteiger partial charge on any atom is 0.303 e. The van der Waals surface area contributed by atoms with Crippen LogP contribution in [0.3, 0.4) is 0 Å². The Morgan fingerprint density at radius 1 is 0.870 bits per heavy atom. The molecule has 0 saturated carbocycles. The van der Waals surface area contributed by atoms with Crippen LogP contribution in [0.4, 0.5) is 0 Å². The Morgan fingerprint density at radius 3 is 2.09 bits per heavy atom. The van der Waals surface area contributed by atoms with Gasteiger partial charge in [0, 0.05) is 6.42 Å². The van der Waals surface area contributed by atoms with Gasteiger partial charge < -0.3 is 10.2 Å². The molecule has 0 aromatic rings. The Balaban J connectivity index is 3.57. The van der Waals surface area contributed by atoms with Gasteiger partial charge in [-0.1, -0.05) is 58.3 Å². The van der Waals surface area contributed by atoms with Gasteiger partial charge in [0.15, 0.2) is 0 Å². The molecule has 138 valence electrons. The largest absolute Gasteiger partial charge is 0.481 e. The lowest BCUT2D eigenvalue weighted by atomic mass is 10.0. The normalized spacial score (nSPS) is 15.3. The maximum atomic E-state index is 10.4. The lowest BCUT2D eigenvalue weighted by Gasteiger charge is -2.19. The molecule has 0 aliphatic heterocycles. The van der Waals surface area contributed by atoms with E-state index < -0.39 is 5.97 Å². The van der Waals surface area contributed by atoms with E-state index in [0.717, 1.165) is 51.4 Å². The van der Waals surface area contributed by atoms with Crippen LogP contribution in [0.1, 0.15) is 90.4 Å². The average molecular weight is 369 g/mol. The lowest BCUT2D eigenvalue weighted by molar-refractivity contribution is -0.137. The van der Waals surface area contributed by atoms with Gasteiger partial charge in [-0.3, -0.25) is 4.79 Å². The summed E-state index contributed by atoms with van der Waals surface area (Å²) in [7, 11) is 0. The van der Waals surface area contributed by atoms with E-state index in [9.17, 15) is 9.90 Å². The first-order valence-electron chi connectivity index (χ1n) is 9.15. The zero-order valence-electron chi connectivity index (χ0n) is 14.5. The standard InChI is InChI=1S/C18H34Cl2O3/c1-2-3-4-8-11-15(21)14-17(20)16(19)12-9-6-5-7-10-13-18(22)23/h15-17,21H,2-14H2,1H3,(H,22,23)/t15-,16+,17-/m0/s1. The molecule has 0 aromatic heterocycles. The second-order valence-corrected chi connectivity index (χ2v) is 7.59. The molecular formula is C18H34Cl2O3.